The number of aliphatic carboxylic acids is 1. The molecule has 0 bridgehead atoms. The lowest BCUT2D eigenvalue weighted by molar-refractivity contribution is -0.146. The number of benzene rings is 1. The van der Waals surface area contributed by atoms with Crippen molar-refractivity contribution in [3.63, 3.8) is 0 Å². The Morgan fingerprint density at radius 3 is 2.68 bits per heavy atom. The van der Waals surface area contributed by atoms with Gasteiger partial charge in [0.25, 0.3) is 0 Å². The van der Waals surface area contributed by atoms with E-state index in [2.05, 4.69) is 20.5 Å². The lowest BCUT2D eigenvalue weighted by atomic mass is 9.93. The highest BCUT2D eigenvalue weighted by atomic mass is 16.6. The van der Waals surface area contributed by atoms with Gasteiger partial charge in [-0.05, 0) is 64.0 Å². The van der Waals surface area contributed by atoms with Crippen LogP contribution < -0.4 is 15.4 Å². The van der Waals surface area contributed by atoms with E-state index < -0.39 is 41.2 Å². The lowest BCUT2D eigenvalue weighted by Crippen LogP contribution is -2.58. The van der Waals surface area contributed by atoms with E-state index >= 15 is 0 Å². The van der Waals surface area contributed by atoms with Crippen molar-refractivity contribution < 1.29 is 33.8 Å². The number of methoxy groups -OCH3 is 1. The van der Waals surface area contributed by atoms with Crippen molar-refractivity contribution in [3.05, 3.63) is 48.0 Å². The number of rotatable bonds is 5. The van der Waals surface area contributed by atoms with Crippen molar-refractivity contribution in [1.82, 2.24) is 25.4 Å². The topological polar surface area (TPSA) is 150 Å². The first-order valence-corrected chi connectivity index (χ1v) is 16.6. The maximum atomic E-state index is 14.3. The Morgan fingerprint density at radius 1 is 1.15 bits per heavy atom. The van der Waals surface area contributed by atoms with Crippen LogP contribution in [0, 0.1) is 17.8 Å². The molecule has 1 saturated carbocycles. The van der Waals surface area contributed by atoms with E-state index in [4.69, 9.17) is 9.47 Å². The number of aromatic nitrogens is 1. The minimum atomic E-state index is -1.39. The summed E-state index contributed by atoms with van der Waals surface area (Å²) in [7, 11) is 1.59. The number of carbonyl (C=O) groups excluding carboxylic acids is 3. The summed E-state index contributed by atoms with van der Waals surface area (Å²) in [6.07, 6.45) is 6.01. The number of nitrogens with one attached hydrogen (secondary N) is 2. The Bertz CT molecular complexity index is 1590. The molecule has 0 unspecified atom stereocenters. The van der Waals surface area contributed by atoms with Gasteiger partial charge < -0.3 is 30.1 Å². The quantitative estimate of drug-likeness (QED) is 0.415. The molecule has 12 nitrogen and oxygen atoms in total. The van der Waals surface area contributed by atoms with Gasteiger partial charge >= 0.3 is 12.1 Å². The van der Waals surface area contributed by atoms with E-state index in [0.717, 1.165) is 22.9 Å². The third-order valence-electron chi connectivity index (χ3n) is 9.89. The van der Waals surface area contributed by atoms with Crippen LogP contribution in [-0.4, -0.2) is 93.7 Å². The van der Waals surface area contributed by atoms with E-state index in [0.29, 0.717) is 57.7 Å². The Balaban J connectivity index is 1.28. The van der Waals surface area contributed by atoms with E-state index in [1.807, 2.05) is 42.5 Å². The monoisotopic (exact) mass is 647 g/mol. The molecule has 4 aliphatic rings. The molecule has 4 heterocycles. The van der Waals surface area contributed by atoms with E-state index in [1.165, 1.54) is 0 Å². The zero-order chi connectivity index (χ0) is 33.5. The van der Waals surface area contributed by atoms with E-state index in [9.17, 15) is 24.3 Å². The SMILES string of the molecule is COc1cc(CN2C[C@H]3CN4C(=O)[C@H](NC(=O)OC(C)(C)C)CCCC/C=C\[C@H]5C[C@@]5(C(=O)O)NC(=O)[C@@H]4[C@H]3C2)c2ccccc2n1. The van der Waals surface area contributed by atoms with Crippen molar-refractivity contribution >= 4 is 34.8 Å². The highest BCUT2D eigenvalue weighted by Crippen LogP contribution is 2.46. The summed E-state index contributed by atoms with van der Waals surface area (Å²) >= 11 is 0. The molecule has 0 radical (unpaired) electrons. The van der Waals surface area contributed by atoms with Crippen molar-refractivity contribution in [2.24, 2.45) is 17.8 Å². The second-order valence-corrected chi connectivity index (χ2v) is 14.4. The predicted molar refractivity (Wildman–Crippen MR) is 173 cm³/mol. The molecule has 2 aromatic rings. The first-order chi connectivity index (χ1) is 22.4. The minimum absolute atomic E-state index is 0.0155. The van der Waals surface area contributed by atoms with Gasteiger partial charge in [0.2, 0.25) is 17.7 Å². The second kappa shape index (κ2) is 12.8. The molecule has 1 aliphatic carbocycles. The summed E-state index contributed by atoms with van der Waals surface area (Å²) in [5.41, 5.74) is -0.246. The van der Waals surface area contributed by atoms with Gasteiger partial charge in [0.15, 0.2) is 0 Å². The molecule has 12 heteroatoms. The molecule has 3 aliphatic heterocycles. The van der Waals surface area contributed by atoms with Crippen LogP contribution in [0.4, 0.5) is 4.79 Å². The van der Waals surface area contributed by atoms with Crippen LogP contribution in [0.25, 0.3) is 10.9 Å². The number of pyridine rings is 1. The number of para-hydroxylation sites is 1. The molecule has 0 spiro atoms. The van der Waals surface area contributed by atoms with Gasteiger partial charge in [-0.25, -0.2) is 14.6 Å². The summed E-state index contributed by atoms with van der Waals surface area (Å²) in [6.45, 7) is 7.40. The lowest BCUT2D eigenvalue weighted by Gasteiger charge is -2.33. The van der Waals surface area contributed by atoms with E-state index in [-0.39, 0.29) is 23.7 Å². The fraction of sp³-hybridized carbons (Fsp3) is 0.571. The van der Waals surface area contributed by atoms with Gasteiger partial charge in [-0.3, -0.25) is 14.5 Å². The zero-order valence-electron chi connectivity index (χ0n) is 27.5. The predicted octanol–water partition coefficient (Wildman–Crippen LogP) is 3.49. The molecule has 6 atom stereocenters. The van der Waals surface area contributed by atoms with Gasteiger partial charge in [-0.15, -0.1) is 0 Å². The molecule has 1 aromatic carbocycles. The number of amides is 3. The third kappa shape index (κ3) is 6.79. The number of carbonyl (C=O) groups is 4. The first-order valence-electron chi connectivity index (χ1n) is 16.6. The normalized spacial score (nSPS) is 30.4. The van der Waals surface area contributed by atoms with Gasteiger partial charge in [-0.1, -0.05) is 36.8 Å². The van der Waals surface area contributed by atoms with Crippen molar-refractivity contribution in [2.75, 3.05) is 26.7 Å². The highest BCUT2D eigenvalue weighted by molar-refractivity contribution is 5.96. The Morgan fingerprint density at radius 2 is 1.94 bits per heavy atom. The Labute approximate surface area is 274 Å². The van der Waals surface area contributed by atoms with Crippen LogP contribution in [-0.2, 0) is 25.7 Å². The third-order valence-corrected chi connectivity index (χ3v) is 9.89. The van der Waals surface area contributed by atoms with Gasteiger partial charge in [-0.2, -0.15) is 0 Å². The van der Waals surface area contributed by atoms with Gasteiger partial charge in [0.05, 0.1) is 12.6 Å². The molecule has 3 N–H and O–H groups in total. The first kappa shape index (κ1) is 32.7. The van der Waals surface area contributed by atoms with Gasteiger partial charge in [0.1, 0.15) is 23.2 Å². The van der Waals surface area contributed by atoms with Crippen LogP contribution >= 0.6 is 0 Å². The maximum Gasteiger partial charge on any atom is 0.408 e. The van der Waals surface area contributed by atoms with Crippen LogP contribution in [0.2, 0.25) is 0 Å². The number of ether oxygens (including phenoxy) is 2. The smallest absolute Gasteiger partial charge is 0.408 e. The molecule has 252 valence electrons. The average molecular weight is 648 g/mol. The fourth-order valence-electron chi connectivity index (χ4n) is 7.56. The van der Waals surface area contributed by atoms with E-state index in [1.54, 1.807) is 32.8 Å². The van der Waals surface area contributed by atoms with Crippen LogP contribution in [0.1, 0.15) is 58.4 Å². The number of hydrogen-bond acceptors (Lipinski definition) is 8. The number of likely N-dealkylation sites (tertiary alicyclic amines) is 1. The standard InChI is InChI=1S/C35H45N5O7/c1-34(2,3)47-33(45)37-27-14-8-6-5-7-11-23-16-35(23,32(43)44)38-30(41)29-25-20-39(18-22(25)19-40(29)31(27)42)17-21-15-28(46-4)36-26-13-10-9-12-24(21)26/h7,9-13,15,22-23,25,27,29H,5-6,8,14,16-20H2,1-4H3,(H,37,45)(H,38,41)(H,43,44)/b11-7-/t22-,23-,25-,27+,29-,35+/m0/s1. The number of allylic oxidation sites excluding steroid dienone is 1. The summed E-state index contributed by atoms with van der Waals surface area (Å²) in [5.74, 6) is -1.89. The number of hydrogen-bond donors (Lipinski definition) is 3. The van der Waals surface area contributed by atoms with Crippen molar-refractivity contribution in [1.29, 1.82) is 0 Å². The summed E-state index contributed by atoms with van der Waals surface area (Å²) in [5, 5.41) is 16.9. The molecule has 1 aromatic heterocycles. The molecular weight excluding hydrogens is 602 g/mol. The molecule has 47 heavy (non-hydrogen) atoms. The molecule has 2 saturated heterocycles. The van der Waals surface area contributed by atoms with Gasteiger partial charge in [0, 0.05) is 49.5 Å². The fourth-order valence-corrected chi connectivity index (χ4v) is 7.56. The number of carboxylic acids is 1. The Hall–Kier alpha value is -4.19. The van der Waals surface area contributed by atoms with Crippen LogP contribution in [0.3, 0.4) is 0 Å². The minimum Gasteiger partial charge on any atom is -0.481 e. The number of carboxylic acid groups (broad SMARTS) is 1. The maximum absolute atomic E-state index is 14.3. The number of fused-ring (bicyclic) bond motifs is 5. The second-order valence-electron chi connectivity index (χ2n) is 14.4. The average Bonchev–Trinajstić information content (AvgIpc) is 3.39. The number of alkyl carbamates (subject to hydrolysis) is 1. The molecule has 3 amide bonds. The highest BCUT2D eigenvalue weighted by Gasteiger charge is 2.62. The largest absolute Gasteiger partial charge is 0.481 e. The molecule has 3 fully saturated rings. The molecular formula is C35H45N5O7. The summed E-state index contributed by atoms with van der Waals surface area (Å²) < 4.78 is 11.0. The van der Waals surface area contributed by atoms with Crippen molar-refractivity contribution in [2.45, 2.75) is 82.6 Å². The zero-order valence-corrected chi connectivity index (χ0v) is 27.5. The summed E-state index contributed by atoms with van der Waals surface area (Å²) in [4.78, 5) is 62.2. The summed E-state index contributed by atoms with van der Waals surface area (Å²) in [6, 6.07) is 8.07. The van der Waals surface area contributed by atoms with Crippen molar-refractivity contribution in [3.8, 4) is 5.88 Å². The van der Waals surface area contributed by atoms with Crippen LogP contribution in [0.15, 0.2) is 42.5 Å². The van der Waals surface area contributed by atoms with Crippen LogP contribution in [0.5, 0.6) is 5.88 Å². The molecule has 6 rings (SSSR count). The number of nitrogens with zero attached hydrogens (tertiary/aromatic N) is 3. The Kier molecular flexibility index (Phi) is 8.90.